The second-order valence-corrected chi connectivity index (χ2v) is 5.14. The molecule has 4 N–H and O–H groups in total. The minimum absolute atomic E-state index is 0. The Morgan fingerprint density at radius 2 is 1.54 bits per heavy atom. The molecular weight excluding hydrogens is 324 g/mol. The van der Waals surface area contributed by atoms with Gasteiger partial charge in [0.1, 0.15) is 11.3 Å². The topological polar surface area (TPSA) is 95.6 Å². The molecule has 6 nitrogen and oxygen atoms in total. The maximum Gasteiger partial charge on any atom is 0.164 e. The first kappa shape index (κ1) is 15.8. The van der Waals surface area contributed by atoms with E-state index in [0.717, 1.165) is 22.4 Å². The van der Waals surface area contributed by atoms with Crippen LogP contribution in [0.4, 0.5) is 11.5 Å². The number of anilines is 2. The molecule has 0 spiro atoms. The van der Waals surface area contributed by atoms with Crippen LogP contribution < -0.4 is 11.5 Å². The Bertz CT molecular complexity index is 994. The predicted molar refractivity (Wildman–Crippen MR) is 98.2 cm³/mol. The Kier molecular flexibility index (Phi) is 4.05. The van der Waals surface area contributed by atoms with Crippen LogP contribution in [0, 0.1) is 0 Å². The number of pyridine rings is 2. The van der Waals surface area contributed by atoms with Gasteiger partial charge in [-0.05, 0) is 48.5 Å². The van der Waals surface area contributed by atoms with Crippen molar-refractivity contribution in [3.63, 3.8) is 0 Å². The lowest BCUT2D eigenvalue weighted by atomic mass is 10.2. The van der Waals surface area contributed by atoms with Crippen LogP contribution in [0.1, 0.15) is 0 Å². The monoisotopic (exact) mass is 338 g/mol. The second kappa shape index (κ2) is 6.17. The molecule has 0 unspecified atom stereocenters. The van der Waals surface area contributed by atoms with Gasteiger partial charge in [0.15, 0.2) is 11.5 Å². The molecule has 0 aliphatic carbocycles. The van der Waals surface area contributed by atoms with Crippen LogP contribution in [0.3, 0.4) is 0 Å². The van der Waals surface area contributed by atoms with E-state index in [0.29, 0.717) is 17.3 Å². The molecule has 0 aliphatic rings. The molecule has 3 aromatic heterocycles. The Balaban J connectivity index is 0.00000169. The number of nitrogens with zero attached hydrogens (tertiary/aromatic N) is 4. The summed E-state index contributed by atoms with van der Waals surface area (Å²) in [5.41, 5.74) is 15.8. The standard InChI is InChI=1S/C17H14N6.ClH/c18-11-5-7-12(8-6-11)23-16(13-3-1-9-20-15(13)19)22-14-4-2-10-21-17(14)23;/h1-10H,18H2,(H2,19,20);1H. The lowest BCUT2D eigenvalue weighted by Crippen LogP contribution is -2.02. The number of benzene rings is 1. The Morgan fingerprint density at radius 1 is 0.833 bits per heavy atom. The molecule has 0 atom stereocenters. The summed E-state index contributed by atoms with van der Waals surface area (Å²) in [6.07, 6.45) is 3.40. The zero-order valence-electron chi connectivity index (χ0n) is 12.6. The van der Waals surface area contributed by atoms with Crippen molar-refractivity contribution in [2.24, 2.45) is 0 Å². The molecule has 4 rings (SSSR count). The van der Waals surface area contributed by atoms with E-state index in [1.54, 1.807) is 12.4 Å². The van der Waals surface area contributed by atoms with Gasteiger partial charge in [-0.1, -0.05) is 0 Å². The summed E-state index contributed by atoms with van der Waals surface area (Å²) in [4.78, 5) is 13.3. The van der Waals surface area contributed by atoms with Gasteiger partial charge >= 0.3 is 0 Å². The van der Waals surface area contributed by atoms with E-state index in [2.05, 4.69) is 9.97 Å². The highest BCUT2D eigenvalue weighted by atomic mass is 35.5. The fourth-order valence-electron chi connectivity index (χ4n) is 2.57. The predicted octanol–water partition coefficient (Wildman–Crippen LogP) is 3.07. The van der Waals surface area contributed by atoms with Gasteiger partial charge in [-0.15, -0.1) is 12.4 Å². The van der Waals surface area contributed by atoms with Crippen molar-refractivity contribution < 1.29 is 0 Å². The minimum Gasteiger partial charge on any atom is -0.399 e. The summed E-state index contributed by atoms with van der Waals surface area (Å²) in [5, 5.41) is 0. The molecule has 0 saturated heterocycles. The number of nitrogens with two attached hydrogens (primary N) is 2. The Hall–Kier alpha value is -3.12. The van der Waals surface area contributed by atoms with Crippen molar-refractivity contribution in [3.05, 3.63) is 60.9 Å². The number of aromatic nitrogens is 4. The highest BCUT2D eigenvalue weighted by Crippen LogP contribution is 2.30. The second-order valence-electron chi connectivity index (χ2n) is 5.14. The molecular formula is C17H15ClN6. The molecule has 1 aromatic carbocycles. The number of nitrogen functional groups attached to an aromatic ring is 2. The first-order chi connectivity index (χ1) is 11.2. The minimum atomic E-state index is 0. The highest BCUT2D eigenvalue weighted by molar-refractivity contribution is 5.85. The summed E-state index contributed by atoms with van der Waals surface area (Å²) < 4.78 is 1.96. The summed E-state index contributed by atoms with van der Waals surface area (Å²) in [6, 6.07) is 15.1. The molecule has 0 amide bonds. The Morgan fingerprint density at radius 3 is 2.29 bits per heavy atom. The van der Waals surface area contributed by atoms with Crippen molar-refractivity contribution in [2.75, 3.05) is 11.5 Å². The van der Waals surface area contributed by atoms with E-state index in [9.17, 15) is 0 Å². The van der Waals surface area contributed by atoms with Gasteiger partial charge in [-0.2, -0.15) is 0 Å². The lowest BCUT2D eigenvalue weighted by Gasteiger charge is -2.10. The quantitative estimate of drug-likeness (QED) is 0.547. The molecule has 120 valence electrons. The van der Waals surface area contributed by atoms with Crippen molar-refractivity contribution in [3.8, 4) is 17.1 Å². The van der Waals surface area contributed by atoms with E-state index >= 15 is 0 Å². The molecule has 4 aromatic rings. The Labute approximate surface area is 144 Å². The van der Waals surface area contributed by atoms with E-state index in [1.165, 1.54) is 0 Å². The fourth-order valence-corrected chi connectivity index (χ4v) is 2.57. The molecule has 0 bridgehead atoms. The van der Waals surface area contributed by atoms with Crippen molar-refractivity contribution in [2.45, 2.75) is 0 Å². The zero-order chi connectivity index (χ0) is 15.8. The molecule has 0 radical (unpaired) electrons. The van der Waals surface area contributed by atoms with E-state index in [-0.39, 0.29) is 12.4 Å². The summed E-state index contributed by atoms with van der Waals surface area (Å²) >= 11 is 0. The number of imidazole rings is 1. The van der Waals surface area contributed by atoms with Crippen molar-refractivity contribution >= 4 is 35.1 Å². The SMILES string of the molecule is Cl.Nc1ccc(-n2c(-c3cccnc3N)nc3cccnc32)cc1. The number of halogens is 1. The summed E-state index contributed by atoms with van der Waals surface area (Å²) in [6.45, 7) is 0. The normalized spacial score (nSPS) is 10.5. The first-order valence-corrected chi connectivity index (χ1v) is 7.14. The van der Waals surface area contributed by atoms with E-state index < -0.39 is 0 Å². The van der Waals surface area contributed by atoms with Gasteiger partial charge in [-0.3, -0.25) is 4.57 Å². The third kappa shape index (κ3) is 2.53. The third-order valence-corrected chi connectivity index (χ3v) is 3.65. The maximum atomic E-state index is 6.04. The molecule has 0 saturated carbocycles. The van der Waals surface area contributed by atoms with Crippen LogP contribution in [0.5, 0.6) is 0 Å². The van der Waals surface area contributed by atoms with Gasteiger partial charge in [0, 0.05) is 23.8 Å². The third-order valence-electron chi connectivity index (χ3n) is 3.65. The van der Waals surface area contributed by atoms with E-state index in [1.807, 2.05) is 53.1 Å². The van der Waals surface area contributed by atoms with Crippen LogP contribution in [0.25, 0.3) is 28.2 Å². The molecule has 24 heavy (non-hydrogen) atoms. The average molecular weight is 339 g/mol. The van der Waals surface area contributed by atoms with Gasteiger partial charge in [0.05, 0.1) is 5.56 Å². The molecule has 0 aliphatic heterocycles. The van der Waals surface area contributed by atoms with Crippen LogP contribution >= 0.6 is 12.4 Å². The largest absolute Gasteiger partial charge is 0.399 e. The van der Waals surface area contributed by atoms with Gasteiger partial charge < -0.3 is 11.5 Å². The molecule has 3 heterocycles. The van der Waals surface area contributed by atoms with Crippen LogP contribution in [0.15, 0.2) is 60.9 Å². The van der Waals surface area contributed by atoms with Crippen molar-refractivity contribution in [1.82, 2.24) is 19.5 Å². The smallest absolute Gasteiger partial charge is 0.164 e. The van der Waals surface area contributed by atoms with Crippen LogP contribution in [0.2, 0.25) is 0 Å². The number of hydrogen-bond acceptors (Lipinski definition) is 5. The highest BCUT2D eigenvalue weighted by Gasteiger charge is 2.17. The summed E-state index contributed by atoms with van der Waals surface area (Å²) in [5.74, 6) is 1.13. The van der Waals surface area contributed by atoms with Crippen LogP contribution in [-0.2, 0) is 0 Å². The number of rotatable bonds is 2. The molecule has 0 fully saturated rings. The number of hydrogen-bond donors (Lipinski definition) is 2. The van der Waals surface area contributed by atoms with Crippen molar-refractivity contribution in [1.29, 1.82) is 0 Å². The molecule has 7 heteroatoms. The number of fused-ring (bicyclic) bond motifs is 1. The maximum absolute atomic E-state index is 6.04. The zero-order valence-corrected chi connectivity index (χ0v) is 13.4. The summed E-state index contributed by atoms with van der Waals surface area (Å²) in [7, 11) is 0. The lowest BCUT2D eigenvalue weighted by molar-refractivity contribution is 1.07. The van der Waals surface area contributed by atoms with Gasteiger partial charge in [0.2, 0.25) is 0 Å². The van der Waals surface area contributed by atoms with Gasteiger partial charge in [0.25, 0.3) is 0 Å². The van der Waals surface area contributed by atoms with E-state index in [4.69, 9.17) is 16.5 Å². The van der Waals surface area contributed by atoms with Crippen LogP contribution in [-0.4, -0.2) is 19.5 Å². The fraction of sp³-hybridized carbons (Fsp3) is 0. The van der Waals surface area contributed by atoms with Gasteiger partial charge in [-0.25, -0.2) is 15.0 Å². The average Bonchev–Trinajstić information content (AvgIpc) is 2.95. The first-order valence-electron chi connectivity index (χ1n) is 7.14.